The Kier molecular flexibility index (Phi) is 5.94. The average molecular weight is 466 g/mol. The number of allylic oxidation sites excluding steroid dienone is 1. The summed E-state index contributed by atoms with van der Waals surface area (Å²) >= 11 is 1.23. The molecule has 1 unspecified atom stereocenters. The van der Waals surface area contributed by atoms with Crippen LogP contribution < -0.4 is 5.56 Å². The Hall–Kier alpha value is -3.66. The molecule has 10 heteroatoms. The van der Waals surface area contributed by atoms with Crippen molar-refractivity contribution in [1.82, 2.24) is 24.1 Å². The van der Waals surface area contributed by atoms with Crippen LogP contribution in [-0.2, 0) is 11.3 Å². The maximum Gasteiger partial charge on any atom is 0.339 e. The smallest absolute Gasteiger partial charge is 0.339 e. The molecule has 1 N–H and O–H groups in total. The first-order valence-corrected chi connectivity index (χ1v) is 11.1. The normalized spacial score (nSPS) is 12.2. The van der Waals surface area contributed by atoms with Crippen molar-refractivity contribution in [2.75, 3.05) is 7.11 Å². The fourth-order valence-corrected chi connectivity index (χ4v) is 4.84. The Bertz CT molecular complexity index is 1480. The van der Waals surface area contributed by atoms with Crippen LogP contribution in [0.5, 0.6) is 0 Å². The van der Waals surface area contributed by atoms with E-state index in [9.17, 15) is 14.4 Å². The largest absolute Gasteiger partial charge is 0.465 e. The molecule has 9 nitrogen and oxygen atoms in total. The first kappa shape index (κ1) is 22.5. The number of esters is 1. The summed E-state index contributed by atoms with van der Waals surface area (Å²) in [4.78, 5) is 41.3. The summed E-state index contributed by atoms with van der Waals surface area (Å²) in [6.45, 7) is 9.22. The third-order valence-corrected chi connectivity index (χ3v) is 6.56. The van der Waals surface area contributed by atoms with Crippen LogP contribution in [0.25, 0.3) is 16.7 Å². The highest BCUT2D eigenvalue weighted by Gasteiger charge is 2.27. The van der Waals surface area contributed by atoms with Crippen LogP contribution in [-0.4, -0.2) is 48.3 Å². The summed E-state index contributed by atoms with van der Waals surface area (Å²) in [5.41, 5.74) is 2.32. The molecule has 33 heavy (non-hydrogen) atoms. The maximum atomic E-state index is 13.3. The number of aryl methyl sites for hydroxylation is 1. The molecule has 0 aliphatic heterocycles. The lowest BCUT2D eigenvalue weighted by Crippen LogP contribution is -2.23. The fraction of sp³-hybridized carbons (Fsp3) is 0.261. The standard InChI is InChI=1S/C23H23N5O4S/c1-6-11-27-20(30)15-9-7-8-10-16(15)28-22(27)25-26-23(28)33-14(4)19(29)18-12(2)17(13(3)24-18)21(31)32-5/h6-10,14,24H,1,11H2,2-5H3. The van der Waals surface area contributed by atoms with Gasteiger partial charge in [0.1, 0.15) is 0 Å². The van der Waals surface area contributed by atoms with E-state index in [1.165, 1.54) is 23.4 Å². The van der Waals surface area contributed by atoms with Gasteiger partial charge in [-0.3, -0.25) is 18.6 Å². The van der Waals surface area contributed by atoms with E-state index in [0.29, 0.717) is 44.4 Å². The van der Waals surface area contributed by atoms with Gasteiger partial charge in [-0.2, -0.15) is 0 Å². The van der Waals surface area contributed by atoms with E-state index in [0.717, 1.165) is 0 Å². The number of carbonyl (C=O) groups excluding carboxylic acids is 2. The Morgan fingerprint density at radius 2 is 2.00 bits per heavy atom. The number of rotatable bonds is 7. The van der Waals surface area contributed by atoms with Crippen molar-refractivity contribution in [3.63, 3.8) is 0 Å². The number of H-pyrrole nitrogens is 1. The van der Waals surface area contributed by atoms with Crippen LogP contribution in [0.15, 0.2) is 46.9 Å². The van der Waals surface area contributed by atoms with Crippen molar-refractivity contribution in [3.05, 3.63) is 69.8 Å². The molecule has 0 radical (unpaired) electrons. The van der Waals surface area contributed by atoms with Gasteiger partial charge in [0.2, 0.25) is 5.78 Å². The first-order chi connectivity index (χ1) is 15.8. The summed E-state index contributed by atoms with van der Waals surface area (Å²) in [6, 6.07) is 7.20. The minimum atomic E-state index is -0.543. The van der Waals surface area contributed by atoms with Crippen LogP contribution in [0.1, 0.15) is 39.0 Å². The summed E-state index contributed by atoms with van der Waals surface area (Å²) in [6.07, 6.45) is 1.62. The highest BCUT2D eigenvalue weighted by atomic mass is 32.2. The van der Waals surface area contributed by atoms with Crippen molar-refractivity contribution < 1.29 is 14.3 Å². The van der Waals surface area contributed by atoms with Crippen molar-refractivity contribution in [1.29, 1.82) is 0 Å². The highest BCUT2D eigenvalue weighted by Crippen LogP contribution is 2.29. The van der Waals surface area contributed by atoms with E-state index in [1.54, 1.807) is 43.4 Å². The molecule has 4 aromatic rings. The van der Waals surface area contributed by atoms with Crippen molar-refractivity contribution in [3.8, 4) is 0 Å². The summed E-state index contributed by atoms with van der Waals surface area (Å²) in [5, 5.41) is 8.96. The fourth-order valence-electron chi connectivity index (χ4n) is 3.92. The van der Waals surface area contributed by atoms with Crippen molar-refractivity contribution in [2.24, 2.45) is 0 Å². The summed E-state index contributed by atoms with van der Waals surface area (Å²) < 4.78 is 8.11. The van der Waals surface area contributed by atoms with Crippen LogP contribution in [0, 0.1) is 13.8 Å². The maximum absolute atomic E-state index is 13.3. The zero-order chi connectivity index (χ0) is 23.9. The van der Waals surface area contributed by atoms with E-state index in [4.69, 9.17) is 4.74 Å². The first-order valence-electron chi connectivity index (χ1n) is 10.3. The zero-order valence-electron chi connectivity index (χ0n) is 18.7. The number of aromatic amines is 1. The Balaban J connectivity index is 1.77. The molecule has 3 aromatic heterocycles. The number of carbonyl (C=O) groups is 2. The third kappa shape index (κ3) is 3.66. The molecule has 1 aromatic carbocycles. The Labute approximate surface area is 193 Å². The number of ether oxygens (including phenoxy) is 1. The molecule has 3 heterocycles. The van der Waals surface area contributed by atoms with Crippen LogP contribution in [0.3, 0.4) is 0 Å². The molecule has 1 atom stereocenters. The molecule has 0 spiro atoms. The quantitative estimate of drug-likeness (QED) is 0.193. The molecule has 0 saturated heterocycles. The molecule has 4 rings (SSSR count). The average Bonchev–Trinajstić information content (AvgIpc) is 3.35. The Morgan fingerprint density at radius 3 is 2.70 bits per heavy atom. The van der Waals surface area contributed by atoms with Gasteiger partial charge in [0.25, 0.3) is 5.56 Å². The van der Waals surface area contributed by atoms with Gasteiger partial charge >= 0.3 is 5.97 Å². The lowest BCUT2D eigenvalue weighted by atomic mass is 10.1. The zero-order valence-corrected chi connectivity index (χ0v) is 19.5. The second-order valence-electron chi connectivity index (χ2n) is 7.58. The minimum Gasteiger partial charge on any atom is -0.465 e. The number of para-hydroxylation sites is 1. The molecule has 0 aliphatic carbocycles. The van der Waals surface area contributed by atoms with Gasteiger partial charge in [-0.1, -0.05) is 30.0 Å². The molecule has 170 valence electrons. The number of benzene rings is 1. The van der Waals surface area contributed by atoms with Crippen molar-refractivity contribution >= 4 is 40.2 Å². The third-order valence-electron chi connectivity index (χ3n) is 5.51. The van der Waals surface area contributed by atoms with Gasteiger partial charge in [0, 0.05) is 12.2 Å². The number of ketones is 1. The van der Waals surface area contributed by atoms with Crippen LogP contribution >= 0.6 is 11.8 Å². The van der Waals surface area contributed by atoms with Gasteiger partial charge in [0.15, 0.2) is 10.9 Å². The van der Waals surface area contributed by atoms with E-state index in [-0.39, 0.29) is 17.9 Å². The monoisotopic (exact) mass is 465 g/mol. The van der Waals surface area contributed by atoms with Gasteiger partial charge < -0.3 is 9.72 Å². The molecular weight excluding hydrogens is 442 g/mol. The second kappa shape index (κ2) is 8.70. The number of nitrogens with zero attached hydrogens (tertiary/aromatic N) is 4. The molecular formula is C23H23N5O4S. The lowest BCUT2D eigenvalue weighted by molar-refractivity contribution is 0.0599. The second-order valence-corrected chi connectivity index (χ2v) is 8.89. The van der Waals surface area contributed by atoms with Gasteiger partial charge in [0.05, 0.1) is 34.5 Å². The highest BCUT2D eigenvalue weighted by molar-refractivity contribution is 8.00. The molecule has 0 saturated carbocycles. The number of aromatic nitrogens is 5. The van der Waals surface area contributed by atoms with E-state index in [1.807, 2.05) is 12.1 Å². The molecule has 0 amide bonds. The number of hydrogen-bond acceptors (Lipinski definition) is 7. The molecule has 0 fully saturated rings. The van der Waals surface area contributed by atoms with E-state index < -0.39 is 11.2 Å². The number of methoxy groups -OCH3 is 1. The minimum absolute atomic E-state index is 0.182. The van der Waals surface area contributed by atoms with Crippen LogP contribution in [0.2, 0.25) is 0 Å². The summed E-state index contributed by atoms with van der Waals surface area (Å²) in [7, 11) is 1.31. The molecule has 0 aliphatic rings. The van der Waals surface area contributed by atoms with E-state index >= 15 is 0 Å². The lowest BCUT2D eigenvalue weighted by Gasteiger charge is -2.12. The van der Waals surface area contributed by atoms with Gasteiger partial charge in [-0.25, -0.2) is 4.79 Å². The Morgan fingerprint density at radius 1 is 1.27 bits per heavy atom. The summed E-state index contributed by atoms with van der Waals surface area (Å²) in [5.74, 6) is -0.299. The predicted molar refractivity (Wildman–Crippen MR) is 126 cm³/mol. The number of nitrogens with one attached hydrogen (secondary N) is 1. The topological polar surface area (TPSA) is 111 Å². The van der Waals surface area contributed by atoms with Crippen molar-refractivity contribution in [2.45, 2.75) is 37.7 Å². The van der Waals surface area contributed by atoms with Crippen LogP contribution in [0.4, 0.5) is 0 Å². The van der Waals surface area contributed by atoms with Gasteiger partial charge in [-0.05, 0) is 38.5 Å². The number of fused-ring (bicyclic) bond motifs is 3. The number of Topliss-reactive ketones (excluding diaryl/α,β-unsaturated/α-hetero) is 1. The van der Waals surface area contributed by atoms with E-state index in [2.05, 4.69) is 21.8 Å². The van der Waals surface area contributed by atoms with Gasteiger partial charge in [-0.15, -0.1) is 16.8 Å². The predicted octanol–water partition coefficient (Wildman–Crippen LogP) is 3.33. The number of thioether (sulfide) groups is 1. The number of hydrogen-bond donors (Lipinski definition) is 1. The SMILES string of the molecule is C=CCn1c(=O)c2ccccc2n2c(SC(C)C(=O)c3[nH]c(C)c(C(=O)OC)c3C)nnc12. The molecule has 0 bridgehead atoms.